The zero-order valence-corrected chi connectivity index (χ0v) is 11.6. The average Bonchev–Trinajstić information content (AvgIpc) is 3.10. The Morgan fingerprint density at radius 2 is 2.20 bits per heavy atom. The number of amides is 2. The molecule has 2 aliphatic heterocycles. The van der Waals surface area contributed by atoms with Crippen molar-refractivity contribution < 1.29 is 9.59 Å². The molecule has 2 aromatic rings. The van der Waals surface area contributed by atoms with Crippen LogP contribution in [0.15, 0.2) is 23.7 Å². The minimum atomic E-state index is -0.256. The number of rotatable bonds is 1. The van der Waals surface area contributed by atoms with Crippen LogP contribution in [0.3, 0.4) is 0 Å². The van der Waals surface area contributed by atoms with E-state index in [1.807, 2.05) is 18.2 Å². The van der Waals surface area contributed by atoms with Crippen LogP contribution >= 0.6 is 11.3 Å². The first-order valence-corrected chi connectivity index (χ1v) is 7.56. The number of piperazine rings is 1. The van der Waals surface area contributed by atoms with E-state index in [4.69, 9.17) is 0 Å². The van der Waals surface area contributed by atoms with Crippen LogP contribution < -0.4 is 4.90 Å². The summed E-state index contributed by atoms with van der Waals surface area (Å²) in [4.78, 5) is 32.3. The van der Waals surface area contributed by atoms with Crippen LogP contribution in [-0.4, -0.2) is 40.8 Å². The van der Waals surface area contributed by atoms with E-state index in [0.29, 0.717) is 0 Å². The Morgan fingerprint density at radius 3 is 3.10 bits per heavy atom. The topological polar surface area (TPSA) is 53.5 Å². The molecule has 1 aromatic heterocycles. The Balaban J connectivity index is 1.73. The number of fused-ring (bicyclic) bond motifs is 2. The predicted octanol–water partition coefficient (Wildman–Crippen LogP) is 1.63. The van der Waals surface area contributed by atoms with Gasteiger partial charge in [0.25, 0.3) is 0 Å². The Bertz CT molecular complexity index is 711. The summed E-state index contributed by atoms with van der Waals surface area (Å²) in [5.41, 5.74) is 3.51. The maximum absolute atomic E-state index is 12.5. The van der Waals surface area contributed by atoms with Crippen molar-refractivity contribution in [1.29, 1.82) is 0 Å². The van der Waals surface area contributed by atoms with Crippen LogP contribution in [0.1, 0.15) is 12.8 Å². The van der Waals surface area contributed by atoms with Gasteiger partial charge in [0.2, 0.25) is 11.8 Å². The lowest BCUT2D eigenvalue weighted by Crippen LogP contribution is -2.57. The standard InChI is InChI=1S/C14H13N3O2S/c18-13-7-17(14(19)11-2-1-5-16(11)13)9-3-4-10-12(6-9)20-8-15-10/h3-4,6,8,11H,1-2,5,7H2. The van der Waals surface area contributed by atoms with Gasteiger partial charge < -0.3 is 9.80 Å². The monoisotopic (exact) mass is 287 g/mol. The second-order valence-electron chi connectivity index (χ2n) is 5.17. The highest BCUT2D eigenvalue weighted by Crippen LogP contribution is 2.30. The maximum atomic E-state index is 12.5. The van der Waals surface area contributed by atoms with Crippen LogP contribution in [0, 0.1) is 0 Å². The molecule has 4 rings (SSSR count). The van der Waals surface area contributed by atoms with Crippen LogP contribution in [0.5, 0.6) is 0 Å². The second kappa shape index (κ2) is 4.28. The molecule has 2 saturated heterocycles. The first-order valence-electron chi connectivity index (χ1n) is 6.68. The van der Waals surface area contributed by atoms with Crippen molar-refractivity contribution in [2.24, 2.45) is 0 Å². The number of carbonyl (C=O) groups excluding carboxylic acids is 2. The average molecular weight is 287 g/mol. The number of thiazole rings is 1. The van der Waals surface area contributed by atoms with Crippen molar-refractivity contribution in [2.75, 3.05) is 18.0 Å². The fourth-order valence-electron chi connectivity index (χ4n) is 3.04. The Morgan fingerprint density at radius 1 is 1.30 bits per heavy atom. The van der Waals surface area contributed by atoms with Crippen molar-refractivity contribution in [1.82, 2.24) is 9.88 Å². The second-order valence-corrected chi connectivity index (χ2v) is 6.06. The highest BCUT2D eigenvalue weighted by molar-refractivity contribution is 7.16. The first-order chi connectivity index (χ1) is 9.74. The normalized spacial score (nSPS) is 22.7. The molecular formula is C14H13N3O2S. The van der Waals surface area contributed by atoms with Crippen LogP contribution in [0.4, 0.5) is 5.69 Å². The molecule has 3 heterocycles. The molecule has 0 saturated carbocycles. The van der Waals surface area contributed by atoms with Gasteiger partial charge in [-0.15, -0.1) is 11.3 Å². The number of carbonyl (C=O) groups is 2. The van der Waals surface area contributed by atoms with Gasteiger partial charge in [-0.1, -0.05) is 0 Å². The Hall–Kier alpha value is -1.95. The molecule has 0 N–H and O–H groups in total. The molecular weight excluding hydrogens is 274 g/mol. The molecule has 102 valence electrons. The molecule has 1 aromatic carbocycles. The summed E-state index contributed by atoms with van der Waals surface area (Å²) in [5.74, 6) is 0.0995. The highest BCUT2D eigenvalue weighted by Gasteiger charge is 2.42. The van der Waals surface area contributed by atoms with E-state index >= 15 is 0 Å². The van der Waals surface area contributed by atoms with Crippen LogP contribution in [0.2, 0.25) is 0 Å². The fraction of sp³-hybridized carbons (Fsp3) is 0.357. The zero-order valence-electron chi connectivity index (χ0n) is 10.8. The van der Waals surface area contributed by atoms with Crippen molar-refractivity contribution in [3.63, 3.8) is 0 Å². The molecule has 0 aliphatic carbocycles. The predicted molar refractivity (Wildman–Crippen MR) is 76.7 cm³/mol. The van der Waals surface area contributed by atoms with Gasteiger partial charge in [-0.05, 0) is 31.0 Å². The summed E-state index contributed by atoms with van der Waals surface area (Å²) in [6.07, 6.45) is 1.70. The van der Waals surface area contributed by atoms with Crippen molar-refractivity contribution >= 4 is 39.1 Å². The van der Waals surface area contributed by atoms with Gasteiger partial charge in [0.15, 0.2) is 0 Å². The largest absolute Gasteiger partial charge is 0.329 e. The molecule has 1 unspecified atom stereocenters. The van der Waals surface area contributed by atoms with E-state index in [-0.39, 0.29) is 24.4 Å². The third-order valence-electron chi connectivity index (χ3n) is 4.04. The van der Waals surface area contributed by atoms with E-state index in [2.05, 4.69) is 4.98 Å². The number of benzene rings is 1. The minimum Gasteiger partial charge on any atom is -0.329 e. The summed E-state index contributed by atoms with van der Waals surface area (Å²) in [5, 5.41) is 0. The quantitative estimate of drug-likeness (QED) is 0.801. The molecule has 1 atom stereocenters. The Labute approximate surface area is 119 Å². The van der Waals surface area contributed by atoms with Crippen LogP contribution in [0.25, 0.3) is 10.2 Å². The lowest BCUT2D eigenvalue weighted by Gasteiger charge is -2.36. The third-order valence-corrected chi connectivity index (χ3v) is 4.84. The molecule has 0 radical (unpaired) electrons. The molecule has 0 bridgehead atoms. The van der Waals surface area contributed by atoms with Gasteiger partial charge in [-0.2, -0.15) is 0 Å². The smallest absolute Gasteiger partial charge is 0.250 e. The SMILES string of the molecule is O=C1C2CCCN2C(=O)CN1c1ccc2ncsc2c1. The number of hydrogen-bond acceptors (Lipinski definition) is 4. The Kier molecular flexibility index (Phi) is 2.53. The summed E-state index contributed by atoms with van der Waals surface area (Å²) < 4.78 is 1.04. The van der Waals surface area contributed by atoms with Gasteiger partial charge >= 0.3 is 0 Å². The van der Waals surface area contributed by atoms with Gasteiger partial charge in [-0.25, -0.2) is 4.98 Å². The number of anilines is 1. The zero-order chi connectivity index (χ0) is 13.7. The molecule has 0 spiro atoms. The van der Waals surface area contributed by atoms with Gasteiger partial charge in [0.05, 0.1) is 15.7 Å². The van der Waals surface area contributed by atoms with E-state index in [1.165, 1.54) is 0 Å². The number of hydrogen-bond donors (Lipinski definition) is 0. The number of nitrogens with zero attached hydrogens (tertiary/aromatic N) is 3. The minimum absolute atomic E-state index is 0.0472. The van der Waals surface area contributed by atoms with E-state index in [9.17, 15) is 9.59 Å². The van der Waals surface area contributed by atoms with E-state index in [0.717, 1.165) is 35.3 Å². The highest BCUT2D eigenvalue weighted by atomic mass is 32.1. The third kappa shape index (κ3) is 1.64. The molecule has 2 amide bonds. The lowest BCUT2D eigenvalue weighted by molar-refractivity contribution is -0.140. The number of aromatic nitrogens is 1. The first kappa shape index (κ1) is 11.8. The fourth-order valence-corrected chi connectivity index (χ4v) is 3.75. The summed E-state index contributed by atoms with van der Waals surface area (Å²) in [6, 6.07) is 5.47. The summed E-state index contributed by atoms with van der Waals surface area (Å²) in [7, 11) is 0. The van der Waals surface area contributed by atoms with Crippen molar-refractivity contribution in [2.45, 2.75) is 18.9 Å². The van der Waals surface area contributed by atoms with Crippen molar-refractivity contribution in [3.8, 4) is 0 Å². The van der Waals surface area contributed by atoms with Gasteiger partial charge in [-0.3, -0.25) is 9.59 Å². The molecule has 2 fully saturated rings. The van der Waals surface area contributed by atoms with Crippen molar-refractivity contribution in [3.05, 3.63) is 23.7 Å². The van der Waals surface area contributed by atoms with Gasteiger partial charge in [0, 0.05) is 12.2 Å². The maximum Gasteiger partial charge on any atom is 0.250 e. The molecule has 2 aliphatic rings. The lowest BCUT2D eigenvalue weighted by atomic mass is 10.1. The molecule has 20 heavy (non-hydrogen) atoms. The van der Waals surface area contributed by atoms with E-state index < -0.39 is 0 Å². The molecule has 6 heteroatoms. The van der Waals surface area contributed by atoms with E-state index in [1.54, 1.807) is 26.6 Å². The van der Waals surface area contributed by atoms with Crippen LogP contribution in [-0.2, 0) is 9.59 Å². The summed E-state index contributed by atoms with van der Waals surface area (Å²) >= 11 is 1.54. The molecule has 5 nitrogen and oxygen atoms in total. The summed E-state index contributed by atoms with van der Waals surface area (Å²) in [6.45, 7) is 0.872. The van der Waals surface area contributed by atoms with Gasteiger partial charge in [0.1, 0.15) is 12.6 Å².